The lowest BCUT2D eigenvalue weighted by Gasteiger charge is -2.05. The van der Waals surface area contributed by atoms with Crippen molar-refractivity contribution >= 4 is 28.9 Å². The monoisotopic (exact) mass is 233 g/mol. The van der Waals surface area contributed by atoms with E-state index in [4.69, 9.17) is 17.3 Å². The number of nitro benzene ring substituents is 1. The molecule has 0 amide bonds. The summed E-state index contributed by atoms with van der Waals surface area (Å²) in [7, 11) is 0. The molecule has 0 aliphatic carbocycles. The molecule has 8 heteroatoms. The number of nitro groups is 1. The fraction of sp³-hybridized carbons (Fsp3) is 0. The highest BCUT2D eigenvalue weighted by atomic mass is 35.5. The zero-order valence-corrected chi connectivity index (χ0v) is 8.45. The smallest absolute Gasteiger partial charge is 0.280 e. The van der Waals surface area contributed by atoms with Crippen molar-refractivity contribution in [1.29, 1.82) is 0 Å². The molecule has 0 saturated heterocycles. The van der Waals surface area contributed by atoms with Gasteiger partial charge in [0.15, 0.2) is 0 Å². The number of benzene rings is 1. The molecule has 82 valence electrons. The molecule has 15 heavy (non-hydrogen) atoms. The standard InChI is InChI=1S/C7H5ClN2O4.H3N/c8-4-2-6(10(13)14)3(7(11)12)1-5(4)9;/h1-2H,9H2,(H,11,12);1H3. The minimum absolute atomic E-state index is 0. The quantitative estimate of drug-likeness (QED) is 0.435. The largest absolute Gasteiger partial charge is 0.545 e. The van der Waals surface area contributed by atoms with Crippen LogP contribution in [0.5, 0.6) is 0 Å². The Morgan fingerprint density at radius 1 is 1.47 bits per heavy atom. The number of nitrogens with two attached hydrogens (primary N) is 1. The second kappa shape index (κ2) is 4.58. The van der Waals surface area contributed by atoms with Gasteiger partial charge in [0.05, 0.1) is 27.2 Å². The summed E-state index contributed by atoms with van der Waals surface area (Å²) in [6, 6.07) is 1.78. The molecule has 0 bridgehead atoms. The summed E-state index contributed by atoms with van der Waals surface area (Å²) in [6.45, 7) is 0. The lowest BCUT2D eigenvalue weighted by molar-refractivity contribution is -0.385. The third-order valence-corrected chi connectivity index (χ3v) is 1.86. The molecule has 1 aromatic rings. The van der Waals surface area contributed by atoms with Crippen molar-refractivity contribution in [2.75, 3.05) is 5.73 Å². The minimum atomic E-state index is -1.67. The van der Waals surface area contributed by atoms with Crippen LogP contribution in [0.4, 0.5) is 11.4 Å². The van der Waals surface area contributed by atoms with E-state index >= 15 is 0 Å². The first-order chi connectivity index (χ1) is 6.43. The van der Waals surface area contributed by atoms with Crippen LogP contribution in [0.25, 0.3) is 0 Å². The number of quaternary nitrogens is 1. The number of aromatic carboxylic acids is 1. The summed E-state index contributed by atoms with van der Waals surface area (Å²) in [5.74, 6) is -1.67. The number of nitrogen functional groups attached to an aromatic ring is 1. The average molecular weight is 234 g/mol. The Labute approximate surface area is 89.2 Å². The summed E-state index contributed by atoms with van der Waals surface area (Å²) < 4.78 is 0. The van der Waals surface area contributed by atoms with E-state index in [9.17, 15) is 20.0 Å². The Kier molecular flexibility index (Phi) is 4.01. The maximum Gasteiger partial charge on any atom is 0.280 e. The van der Waals surface area contributed by atoms with Crippen LogP contribution in [0.2, 0.25) is 5.02 Å². The van der Waals surface area contributed by atoms with Crippen LogP contribution >= 0.6 is 11.6 Å². The number of carbonyl (C=O) groups excluding carboxylic acids is 1. The normalized spacial score (nSPS) is 9.13. The number of anilines is 1. The van der Waals surface area contributed by atoms with E-state index in [1.165, 1.54) is 0 Å². The summed E-state index contributed by atoms with van der Waals surface area (Å²) in [5.41, 5.74) is 4.02. The van der Waals surface area contributed by atoms with Gasteiger partial charge in [0.2, 0.25) is 0 Å². The third kappa shape index (κ3) is 2.55. The average Bonchev–Trinajstić information content (AvgIpc) is 2.08. The van der Waals surface area contributed by atoms with Crippen LogP contribution in [0.3, 0.4) is 0 Å². The molecule has 0 fully saturated rings. The van der Waals surface area contributed by atoms with Crippen LogP contribution in [0, 0.1) is 10.1 Å². The minimum Gasteiger partial charge on any atom is -0.545 e. The van der Waals surface area contributed by atoms with Crippen LogP contribution in [0.1, 0.15) is 10.4 Å². The fourth-order valence-corrected chi connectivity index (χ4v) is 1.05. The maximum atomic E-state index is 10.5. The second-order valence-corrected chi connectivity index (χ2v) is 2.84. The molecule has 0 aliphatic rings. The number of nitrogens with zero attached hydrogens (tertiary/aromatic N) is 1. The molecule has 7 nitrogen and oxygen atoms in total. The maximum absolute atomic E-state index is 10.5. The number of carboxylic acids is 1. The number of carbonyl (C=O) groups is 1. The number of hydrogen-bond donors (Lipinski definition) is 2. The van der Waals surface area contributed by atoms with Crippen LogP contribution in [-0.4, -0.2) is 10.9 Å². The molecule has 0 aliphatic heterocycles. The summed E-state index contributed by atoms with van der Waals surface area (Å²) in [4.78, 5) is 20.0. The van der Waals surface area contributed by atoms with Gasteiger partial charge in [0, 0.05) is 6.07 Å². The van der Waals surface area contributed by atoms with E-state index in [-0.39, 0.29) is 16.9 Å². The number of carboxylic acid groups (broad SMARTS) is 1. The SMILES string of the molecule is Nc1cc(C(=O)[O-])c([N+](=O)[O-])cc1Cl.[NH4+]. The van der Waals surface area contributed by atoms with Crippen molar-refractivity contribution in [3.05, 3.63) is 32.8 Å². The van der Waals surface area contributed by atoms with E-state index in [0.29, 0.717) is 0 Å². The highest BCUT2D eigenvalue weighted by molar-refractivity contribution is 6.33. The molecule has 0 radical (unpaired) electrons. The molecule has 0 atom stereocenters. The van der Waals surface area contributed by atoms with Gasteiger partial charge in [-0.1, -0.05) is 11.6 Å². The summed E-state index contributed by atoms with van der Waals surface area (Å²) in [5, 5.41) is 20.8. The van der Waals surface area contributed by atoms with E-state index in [0.717, 1.165) is 12.1 Å². The molecule has 0 saturated carbocycles. The molecule has 0 aromatic heterocycles. The van der Waals surface area contributed by atoms with Crippen LogP contribution < -0.4 is 17.0 Å². The highest BCUT2D eigenvalue weighted by Crippen LogP contribution is 2.28. The van der Waals surface area contributed by atoms with E-state index in [1.54, 1.807) is 0 Å². The van der Waals surface area contributed by atoms with Crippen LogP contribution in [0.15, 0.2) is 12.1 Å². The Balaban J connectivity index is 0.00000196. The van der Waals surface area contributed by atoms with E-state index in [2.05, 4.69) is 0 Å². The zero-order chi connectivity index (χ0) is 10.9. The first-order valence-electron chi connectivity index (χ1n) is 3.38. The van der Waals surface area contributed by atoms with Crippen molar-refractivity contribution in [3.63, 3.8) is 0 Å². The molecular weight excluding hydrogens is 226 g/mol. The van der Waals surface area contributed by atoms with Gasteiger partial charge in [0.1, 0.15) is 0 Å². The first kappa shape index (κ1) is 13.1. The van der Waals surface area contributed by atoms with E-state index in [1.807, 2.05) is 0 Å². The Morgan fingerprint density at radius 2 is 2.00 bits per heavy atom. The van der Waals surface area contributed by atoms with Gasteiger partial charge in [-0.15, -0.1) is 0 Å². The summed E-state index contributed by atoms with van der Waals surface area (Å²) >= 11 is 5.49. The van der Waals surface area contributed by atoms with Gasteiger partial charge in [-0.2, -0.15) is 0 Å². The topological polar surface area (TPSA) is 146 Å². The molecule has 0 spiro atoms. The third-order valence-electron chi connectivity index (χ3n) is 1.53. The van der Waals surface area contributed by atoms with E-state index < -0.39 is 22.1 Å². The zero-order valence-electron chi connectivity index (χ0n) is 7.69. The number of hydrogen-bond acceptors (Lipinski definition) is 5. The fourth-order valence-electron chi connectivity index (χ4n) is 0.894. The van der Waals surface area contributed by atoms with Gasteiger partial charge in [-0.25, -0.2) is 0 Å². The highest BCUT2D eigenvalue weighted by Gasteiger charge is 2.16. The van der Waals surface area contributed by atoms with Gasteiger partial charge >= 0.3 is 0 Å². The van der Waals surface area contributed by atoms with Crippen molar-refractivity contribution in [2.24, 2.45) is 0 Å². The van der Waals surface area contributed by atoms with Gasteiger partial charge < -0.3 is 21.8 Å². The molecule has 0 unspecified atom stereocenters. The van der Waals surface area contributed by atoms with Crippen molar-refractivity contribution < 1.29 is 14.8 Å². The Morgan fingerprint density at radius 3 is 2.40 bits per heavy atom. The van der Waals surface area contributed by atoms with Crippen molar-refractivity contribution in [1.82, 2.24) is 6.15 Å². The lowest BCUT2D eigenvalue weighted by atomic mass is 10.1. The number of rotatable bonds is 2. The van der Waals surface area contributed by atoms with Crippen LogP contribution in [-0.2, 0) is 0 Å². The molecule has 0 heterocycles. The number of halogens is 1. The van der Waals surface area contributed by atoms with Crippen molar-refractivity contribution in [2.45, 2.75) is 0 Å². The first-order valence-corrected chi connectivity index (χ1v) is 3.76. The van der Waals surface area contributed by atoms with Gasteiger partial charge in [-0.05, 0) is 6.07 Å². The van der Waals surface area contributed by atoms with Crippen molar-refractivity contribution in [3.8, 4) is 0 Å². The van der Waals surface area contributed by atoms with Gasteiger partial charge in [0.25, 0.3) is 5.69 Å². The molecule has 1 rings (SSSR count). The van der Waals surface area contributed by atoms with Gasteiger partial charge in [-0.3, -0.25) is 10.1 Å². The lowest BCUT2D eigenvalue weighted by Crippen LogP contribution is -2.23. The molecule has 1 aromatic carbocycles. The summed E-state index contributed by atoms with van der Waals surface area (Å²) in [6.07, 6.45) is 0. The predicted octanol–water partition coefficient (Wildman–Crippen LogP) is 0.570. The predicted molar refractivity (Wildman–Crippen MR) is 52.8 cm³/mol. The molecule has 6 N–H and O–H groups in total. The second-order valence-electron chi connectivity index (χ2n) is 2.44. The Hall–Kier alpha value is -1.86. The molecular formula is C7H8ClN3O4. The Bertz CT molecular complexity index is 382.